The van der Waals surface area contributed by atoms with E-state index in [4.69, 9.17) is 14.2 Å². The van der Waals surface area contributed by atoms with Crippen LogP contribution in [0.1, 0.15) is 26.7 Å². The minimum atomic E-state index is -1.68. The quantitative estimate of drug-likeness (QED) is 0.128. The topological polar surface area (TPSA) is 253 Å². The Kier molecular flexibility index (Phi) is 10.9. The van der Waals surface area contributed by atoms with Gasteiger partial charge in [0.15, 0.2) is 18.6 Å². The van der Waals surface area contributed by atoms with E-state index in [0.717, 1.165) is 13.8 Å². The molecule has 9 N–H and O–H groups in total. The Balaban J connectivity index is 1.97. The van der Waals surface area contributed by atoms with Gasteiger partial charge in [-0.1, -0.05) is 0 Å². The van der Waals surface area contributed by atoms with E-state index in [9.17, 15) is 49.8 Å². The van der Waals surface area contributed by atoms with E-state index in [0.29, 0.717) is 0 Å². The largest absolute Gasteiger partial charge is 0.457 e. The smallest absolute Gasteiger partial charge is 0.306 e. The molecule has 2 aliphatic heterocycles. The number of aliphatic hydroxyl groups excluding tert-OH is 6. The van der Waals surface area contributed by atoms with Gasteiger partial charge in [-0.15, -0.1) is 0 Å². The third-order valence-electron chi connectivity index (χ3n) is 5.67. The SMILES string of the molecule is CC(=O)N[C@@H]1[C@@H](O)[C@H](OC(=O)CCC(=O)N[C@@H]2O[C@H](CO)[C@@H](O)[C@H](O)[C@H]2NC(C)=O)[C@@H](CO)O[C@H]1O. The molecule has 10 atom stereocenters. The summed E-state index contributed by atoms with van der Waals surface area (Å²) in [5.41, 5.74) is 0. The van der Waals surface area contributed by atoms with Crippen LogP contribution >= 0.6 is 0 Å². The third-order valence-corrected chi connectivity index (χ3v) is 5.67. The number of amides is 3. The molecule has 2 heterocycles. The lowest BCUT2D eigenvalue weighted by molar-refractivity contribution is -0.259. The van der Waals surface area contributed by atoms with Crippen molar-refractivity contribution in [3.63, 3.8) is 0 Å². The van der Waals surface area contributed by atoms with Gasteiger partial charge in [-0.05, 0) is 0 Å². The van der Waals surface area contributed by atoms with Crippen LogP contribution < -0.4 is 16.0 Å². The number of nitrogens with one attached hydrogen (secondary N) is 3. The molecule has 2 aliphatic rings. The lowest BCUT2D eigenvalue weighted by Gasteiger charge is -2.42. The molecule has 0 unspecified atom stereocenters. The maximum atomic E-state index is 12.4. The Hall–Kier alpha value is -2.44. The maximum absolute atomic E-state index is 12.4. The molecule has 0 bridgehead atoms. The van der Waals surface area contributed by atoms with Gasteiger partial charge in [-0.2, -0.15) is 0 Å². The minimum absolute atomic E-state index is 0.473. The van der Waals surface area contributed by atoms with E-state index in [1.165, 1.54) is 0 Å². The van der Waals surface area contributed by atoms with Crippen LogP contribution in [-0.4, -0.2) is 129 Å². The average molecular weight is 523 g/mol. The number of aliphatic hydroxyl groups is 6. The van der Waals surface area contributed by atoms with Gasteiger partial charge in [0.25, 0.3) is 0 Å². The molecule has 2 fully saturated rings. The van der Waals surface area contributed by atoms with Gasteiger partial charge < -0.3 is 60.8 Å². The molecular weight excluding hydrogens is 490 g/mol. The van der Waals surface area contributed by atoms with Crippen LogP contribution in [0, 0.1) is 0 Å². The molecule has 16 heteroatoms. The summed E-state index contributed by atoms with van der Waals surface area (Å²) in [6.07, 6.45) is -12.8. The van der Waals surface area contributed by atoms with Crippen molar-refractivity contribution >= 4 is 23.7 Å². The molecule has 3 amide bonds. The highest BCUT2D eigenvalue weighted by atomic mass is 16.6. The molecule has 0 spiro atoms. The molecule has 16 nitrogen and oxygen atoms in total. The fourth-order valence-electron chi connectivity index (χ4n) is 3.91. The van der Waals surface area contributed by atoms with Crippen LogP contribution in [0.25, 0.3) is 0 Å². The van der Waals surface area contributed by atoms with Crippen LogP contribution in [0.5, 0.6) is 0 Å². The second-order valence-electron chi connectivity index (χ2n) is 8.47. The summed E-state index contributed by atoms with van der Waals surface area (Å²) in [7, 11) is 0. The van der Waals surface area contributed by atoms with Gasteiger partial charge >= 0.3 is 5.97 Å². The normalized spacial score (nSPS) is 36.4. The molecule has 0 aliphatic carbocycles. The van der Waals surface area contributed by atoms with Crippen molar-refractivity contribution in [3.05, 3.63) is 0 Å². The van der Waals surface area contributed by atoms with E-state index < -0.39 is 111 Å². The Morgan fingerprint density at radius 1 is 0.750 bits per heavy atom. The van der Waals surface area contributed by atoms with Crippen molar-refractivity contribution < 1.29 is 64.0 Å². The van der Waals surface area contributed by atoms with E-state index in [1.807, 2.05) is 0 Å². The lowest BCUT2D eigenvalue weighted by atomic mass is 9.95. The number of ether oxygens (including phenoxy) is 3. The van der Waals surface area contributed by atoms with Crippen molar-refractivity contribution in [1.29, 1.82) is 0 Å². The van der Waals surface area contributed by atoms with Crippen LogP contribution in [-0.2, 0) is 33.4 Å². The zero-order valence-electron chi connectivity index (χ0n) is 19.6. The molecule has 2 rings (SSSR count). The Labute approximate surface area is 205 Å². The number of hydrogen-bond acceptors (Lipinski definition) is 13. The van der Waals surface area contributed by atoms with Crippen molar-refractivity contribution in [1.82, 2.24) is 16.0 Å². The monoisotopic (exact) mass is 523 g/mol. The molecule has 0 radical (unpaired) electrons. The first kappa shape index (κ1) is 29.8. The second-order valence-corrected chi connectivity index (χ2v) is 8.47. The standard InChI is InChI=1S/C20H33N3O13/c1-7(26)21-13-16(31)15(30)9(5-24)34-19(13)23-11(28)3-4-12(29)36-18-10(6-25)35-20(33)14(17(18)32)22-8(2)27/h9-10,13-20,24-25,30-33H,3-6H2,1-2H3,(H,21,26)(H,22,27)(H,23,28)/t9-,10-,13-,14-,15-,16-,17-,18-,19-,20-/m1/s1. The molecule has 2 saturated heterocycles. The highest BCUT2D eigenvalue weighted by Crippen LogP contribution is 2.23. The van der Waals surface area contributed by atoms with Crippen LogP contribution in [0.3, 0.4) is 0 Å². The Morgan fingerprint density at radius 3 is 1.89 bits per heavy atom. The number of esters is 1. The van der Waals surface area contributed by atoms with Gasteiger partial charge in [-0.25, -0.2) is 0 Å². The maximum Gasteiger partial charge on any atom is 0.306 e. The minimum Gasteiger partial charge on any atom is -0.457 e. The fourth-order valence-corrected chi connectivity index (χ4v) is 3.91. The van der Waals surface area contributed by atoms with Crippen molar-refractivity contribution in [2.24, 2.45) is 0 Å². The summed E-state index contributed by atoms with van der Waals surface area (Å²) in [6.45, 7) is 0.857. The highest BCUT2D eigenvalue weighted by Gasteiger charge is 2.47. The first-order chi connectivity index (χ1) is 16.9. The van der Waals surface area contributed by atoms with E-state index in [-0.39, 0.29) is 0 Å². The summed E-state index contributed by atoms with van der Waals surface area (Å²) < 4.78 is 15.6. The first-order valence-electron chi connectivity index (χ1n) is 11.2. The summed E-state index contributed by atoms with van der Waals surface area (Å²) in [4.78, 5) is 47.5. The second kappa shape index (κ2) is 13.2. The lowest BCUT2D eigenvalue weighted by Crippen LogP contribution is -2.68. The van der Waals surface area contributed by atoms with Crippen LogP contribution in [0.15, 0.2) is 0 Å². The molecule has 0 aromatic rings. The number of carbonyl (C=O) groups is 4. The third kappa shape index (κ3) is 7.53. The van der Waals surface area contributed by atoms with Crippen molar-refractivity contribution in [3.8, 4) is 0 Å². The molecule has 0 aromatic heterocycles. The van der Waals surface area contributed by atoms with Gasteiger partial charge in [-0.3, -0.25) is 19.2 Å². The molecule has 36 heavy (non-hydrogen) atoms. The van der Waals surface area contributed by atoms with Gasteiger partial charge in [0, 0.05) is 20.3 Å². The van der Waals surface area contributed by atoms with Gasteiger partial charge in [0.05, 0.1) is 19.6 Å². The molecule has 0 saturated carbocycles. The summed E-state index contributed by atoms with van der Waals surface area (Å²) in [5, 5.41) is 66.4. The van der Waals surface area contributed by atoms with Gasteiger partial charge in [0.2, 0.25) is 17.7 Å². The molecular formula is C20H33N3O13. The number of carbonyl (C=O) groups excluding carboxylic acids is 4. The van der Waals surface area contributed by atoms with Crippen molar-refractivity contribution in [2.75, 3.05) is 13.2 Å². The predicted octanol–water partition coefficient (Wildman–Crippen LogP) is -5.69. The van der Waals surface area contributed by atoms with Crippen LogP contribution in [0.4, 0.5) is 0 Å². The first-order valence-corrected chi connectivity index (χ1v) is 11.2. The van der Waals surface area contributed by atoms with E-state index in [2.05, 4.69) is 16.0 Å². The van der Waals surface area contributed by atoms with E-state index in [1.54, 1.807) is 0 Å². The van der Waals surface area contributed by atoms with Gasteiger partial charge in [0.1, 0.15) is 42.6 Å². The highest BCUT2D eigenvalue weighted by molar-refractivity contribution is 5.81. The van der Waals surface area contributed by atoms with E-state index >= 15 is 0 Å². The molecule has 0 aromatic carbocycles. The molecule has 206 valence electrons. The number of rotatable bonds is 9. The Morgan fingerprint density at radius 2 is 1.33 bits per heavy atom. The fraction of sp³-hybridized carbons (Fsp3) is 0.800. The summed E-state index contributed by atoms with van der Waals surface area (Å²) >= 11 is 0. The zero-order chi connectivity index (χ0) is 27.2. The van der Waals surface area contributed by atoms with Crippen LogP contribution in [0.2, 0.25) is 0 Å². The van der Waals surface area contributed by atoms with Crippen molar-refractivity contribution in [2.45, 2.75) is 87.9 Å². The summed E-state index contributed by atoms with van der Waals surface area (Å²) in [6, 6.07) is -2.60. The Bertz CT molecular complexity index is 799. The summed E-state index contributed by atoms with van der Waals surface area (Å²) in [5.74, 6) is -2.96. The average Bonchev–Trinajstić information content (AvgIpc) is 2.81. The zero-order valence-corrected chi connectivity index (χ0v) is 19.6. The number of hydrogen-bond donors (Lipinski definition) is 9. The predicted molar refractivity (Wildman–Crippen MR) is 114 cm³/mol.